The van der Waals surface area contributed by atoms with E-state index in [-0.39, 0.29) is 24.0 Å². The molecule has 3 aromatic rings. The van der Waals surface area contributed by atoms with Gasteiger partial charge in [0.25, 0.3) is 0 Å². The number of likely N-dealkylation sites (tertiary alicyclic amines) is 1. The van der Waals surface area contributed by atoms with Crippen LogP contribution in [0.1, 0.15) is 30.7 Å². The molecule has 4 rings (SSSR count). The quantitative estimate of drug-likeness (QED) is 0.339. The van der Waals surface area contributed by atoms with Gasteiger partial charge in [0.05, 0.1) is 0 Å². The summed E-state index contributed by atoms with van der Waals surface area (Å²) in [6.07, 6.45) is 3.95. The van der Waals surface area contributed by atoms with E-state index in [1.807, 2.05) is 28.8 Å². The van der Waals surface area contributed by atoms with E-state index in [2.05, 4.69) is 57.7 Å². The molecule has 0 radical (unpaired) electrons. The van der Waals surface area contributed by atoms with Gasteiger partial charge in [-0.15, -0.1) is 34.2 Å². The molecule has 28 heavy (non-hydrogen) atoms. The highest BCUT2D eigenvalue weighted by Gasteiger charge is 2.25. The number of hydrogen-bond donors (Lipinski definition) is 1. The van der Waals surface area contributed by atoms with Gasteiger partial charge in [-0.2, -0.15) is 0 Å². The highest BCUT2D eigenvalue weighted by molar-refractivity contribution is 14.0. The van der Waals surface area contributed by atoms with Gasteiger partial charge < -0.3 is 10.2 Å². The predicted molar refractivity (Wildman–Crippen MR) is 123 cm³/mol. The van der Waals surface area contributed by atoms with E-state index in [4.69, 9.17) is 4.99 Å². The Labute approximate surface area is 183 Å². The summed E-state index contributed by atoms with van der Waals surface area (Å²) in [5.41, 5.74) is 2.31. The van der Waals surface area contributed by atoms with E-state index in [9.17, 15) is 0 Å². The number of guanidine groups is 1. The molecule has 0 spiro atoms. The molecule has 1 aliphatic heterocycles. The first-order valence-electron chi connectivity index (χ1n) is 9.72. The van der Waals surface area contributed by atoms with Crippen LogP contribution in [-0.4, -0.2) is 51.6 Å². The fourth-order valence-electron chi connectivity index (χ4n) is 3.70. The maximum Gasteiger partial charge on any atom is 0.193 e. The SMILES string of the molecule is CCNC(=NCCc1nnc2ccccn12)N1CCC(c2ccccc2)C1.I. The fraction of sp³-hybridized carbons (Fsp3) is 0.381. The molecule has 1 aromatic carbocycles. The number of pyridine rings is 1. The number of nitrogens with zero attached hydrogens (tertiary/aromatic N) is 5. The van der Waals surface area contributed by atoms with Crippen molar-refractivity contribution < 1.29 is 0 Å². The molecule has 1 unspecified atom stereocenters. The summed E-state index contributed by atoms with van der Waals surface area (Å²) >= 11 is 0. The van der Waals surface area contributed by atoms with Gasteiger partial charge in [-0.25, -0.2) is 0 Å². The summed E-state index contributed by atoms with van der Waals surface area (Å²) in [5.74, 6) is 2.54. The number of hydrogen-bond acceptors (Lipinski definition) is 3. The Hall–Kier alpha value is -2.16. The molecule has 0 amide bonds. The molecule has 0 aliphatic carbocycles. The van der Waals surface area contributed by atoms with E-state index in [0.29, 0.717) is 12.5 Å². The highest BCUT2D eigenvalue weighted by atomic mass is 127. The first-order valence-corrected chi connectivity index (χ1v) is 9.72. The molecular formula is C21H27IN6. The summed E-state index contributed by atoms with van der Waals surface area (Å²) in [6, 6.07) is 16.7. The molecule has 1 atom stereocenters. The fourth-order valence-corrected chi connectivity index (χ4v) is 3.70. The molecule has 1 aliphatic rings. The maximum absolute atomic E-state index is 4.86. The largest absolute Gasteiger partial charge is 0.357 e. The Bertz CT molecular complexity index is 907. The van der Waals surface area contributed by atoms with E-state index in [1.54, 1.807) is 0 Å². The van der Waals surface area contributed by atoms with Crippen LogP contribution in [-0.2, 0) is 6.42 Å². The smallest absolute Gasteiger partial charge is 0.193 e. The van der Waals surface area contributed by atoms with Crippen molar-refractivity contribution in [2.75, 3.05) is 26.2 Å². The minimum atomic E-state index is 0. The number of halogens is 1. The Morgan fingerprint density at radius 3 is 2.79 bits per heavy atom. The lowest BCUT2D eigenvalue weighted by atomic mass is 9.99. The van der Waals surface area contributed by atoms with E-state index < -0.39 is 0 Å². The van der Waals surface area contributed by atoms with Crippen LogP contribution in [0.25, 0.3) is 5.65 Å². The van der Waals surface area contributed by atoms with Gasteiger partial charge in [0, 0.05) is 44.7 Å². The normalized spacial score (nSPS) is 17.0. The van der Waals surface area contributed by atoms with Gasteiger partial charge in [0.1, 0.15) is 5.82 Å². The molecule has 7 heteroatoms. The number of nitrogens with one attached hydrogen (secondary N) is 1. The van der Waals surface area contributed by atoms with Gasteiger partial charge in [0.2, 0.25) is 0 Å². The van der Waals surface area contributed by atoms with Gasteiger partial charge >= 0.3 is 0 Å². The summed E-state index contributed by atoms with van der Waals surface area (Å²) in [7, 11) is 0. The molecule has 0 bridgehead atoms. The first kappa shape index (κ1) is 20.6. The molecule has 148 valence electrons. The standard InChI is InChI=1S/C21H26N6.HI/c1-2-22-21(26-15-12-18(16-26)17-8-4-3-5-9-17)23-13-11-20-25-24-19-10-6-7-14-27(19)20;/h3-10,14,18H,2,11-13,15-16H2,1H3,(H,22,23);1H. The van der Waals surface area contributed by atoms with Gasteiger partial charge in [-0.3, -0.25) is 9.39 Å². The summed E-state index contributed by atoms with van der Waals surface area (Å²) in [5, 5.41) is 12.0. The second-order valence-electron chi connectivity index (χ2n) is 6.87. The van der Waals surface area contributed by atoms with Crippen molar-refractivity contribution >= 4 is 35.6 Å². The van der Waals surface area contributed by atoms with Crippen molar-refractivity contribution in [3.05, 3.63) is 66.1 Å². The van der Waals surface area contributed by atoms with Crippen molar-refractivity contribution in [2.24, 2.45) is 4.99 Å². The van der Waals surface area contributed by atoms with Gasteiger partial charge in [-0.05, 0) is 31.0 Å². The second kappa shape index (κ2) is 9.86. The Morgan fingerprint density at radius 1 is 1.14 bits per heavy atom. The lowest BCUT2D eigenvalue weighted by molar-refractivity contribution is 0.486. The van der Waals surface area contributed by atoms with Crippen LogP contribution in [0.15, 0.2) is 59.7 Å². The maximum atomic E-state index is 4.86. The van der Waals surface area contributed by atoms with Crippen molar-refractivity contribution in [3.63, 3.8) is 0 Å². The minimum Gasteiger partial charge on any atom is -0.357 e. The molecule has 1 fully saturated rings. The molecule has 3 heterocycles. The summed E-state index contributed by atoms with van der Waals surface area (Å²) < 4.78 is 2.03. The zero-order valence-electron chi connectivity index (χ0n) is 16.2. The second-order valence-corrected chi connectivity index (χ2v) is 6.87. The number of aliphatic imine (C=N–C) groups is 1. The van der Waals surface area contributed by atoms with Crippen LogP contribution in [0.5, 0.6) is 0 Å². The average Bonchev–Trinajstić information content (AvgIpc) is 3.36. The summed E-state index contributed by atoms with van der Waals surface area (Å²) in [4.78, 5) is 7.23. The van der Waals surface area contributed by atoms with Crippen LogP contribution in [0.3, 0.4) is 0 Å². The lowest BCUT2D eigenvalue weighted by Crippen LogP contribution is -2.40. The molecule has 0 saturated carbocycles. The number of benzene rings is 1. The predicted octanol–water partition coefficient (Wildman–Crippen LogP) is 3.34. The molecule has 6 nitrogen and oxygen atoms in total. The van der Waals surface area contributed by atoms with Gasteiger partial charge in [0.15, 0.2) is 11.6 Å². The Morgan fingerprint density at radius 2 is 1.96 bits per heavy atom. The molecule has 2 aromatic heterocycles. The highest BCUT2D eigenvalue weighted by Crippen LogP contribution is 2.26. The third-order valence-electron chi connectivity index (χ3n) is 5.07. The third-order valence-corrected chi connectivity index (χ3v) is 5.07. The topological polar surface area (TPSA) is 57.8 Å². The zero-order valence-corrected chi connectivity index (χ0v) is 18.5. The Kier molecular flexibility index (Phi) is 7.24. The van der Waals surface area contributed by atoms with Crippen LogP contribution in [0, 0.1) is 0 Å². The van der Waals surface area contributed by atoms with Crippen LogP contribution in [0.4, 0.5) is 0 Å². The van der Waals surface area contributed by atoms with E-state index in [1.165, 1.54) is 12.0 Å². The zero-order chi connectivity index (χ0) is 18.5. The van der Waals surface area contributed by atoms with Crippen molar-refractivity contribution in [2.45, 2.75) is 25.7 Å². The van der Waals surface area contributed by atoms with Crippen LogP contribution in [0.2, 0.25) is 0 Å². The molecule has 1 saturated heterocycles. The number of rotatable bonds is 5. The molecular weight excluding hydrogens is 463 g/mol. The molecule has 1 N–H and O–H groups in total. The first-order chi connectivity index (χ1) is 13.3. The van der Waals surface area contributed by atoms with Crippen molar-refractivity contribution in [1.82, 2.24) is 24.8 Å². The van der Waals surface area contributed by atoms with Crippen LogP contribution >= 0.6 is 24.0 Å². The lowest BCUT2D eigenvalue weighted by Gasteiger charge is -2.21. The van der Waals surface area contributed by atoms with E-state index in [0.717, 1.165) is 43.5 Å². The number of aromatic nitrogens is 3. The van der Waals surface area contributed by atoms with Crippen molar-refractivity contribution in [1.29, 1.82) is 0 Å². The summed E-state index contributed by atoms with van der Waals surface area (Å²) in [6.45, 7) is 5.75. The van der Waals surface area contributed by atoms with Gasteiger partial charge in [-0.1, -0.05) is 36.4 Å². The monoisotopic (exact) mass is 490 g/mol. The Balaban J connectivity index is 0.00000225. The van der Waals surface area contributed by atoms with E-state index >= 15 is 0 Å². The third kappa shape index (κ3) is 4.63. The van der Waals surface area contributed by atoms with Crippen LogP contribution < -0.4 is 5.32 Å². The minimum absolute atomic E-state index is 0. The van der Waals surface area contributed by atoms with Crippen molar-refractivity contribution in [3.8, 4) is 0 Å². The number of fused-ring (bicyclic) bond motifs is 1. The average molecular weight is 490 g/mol.